The normalized spacial score (nSPS) is 11.1. The minimum atomic E-state index is -0.128. The molecule has 0 saturated carbocycles. The third-order valence-electron chi connectivity index (χ3n) is 3.09. The van der Waals surface area contributed by atoms with E-state index in [1.807, 2.05) is 31.5 Å². The molecule has 5 nitrogen and oxygen atoms in total. The SMILES string of the molecule is Cc1nn(C)c2sc(C(=O)NCc3cccs3)c(N)c12. The quantitative estimate of drug-likeness (QED) is 0.781. The molecule has 3 aromatic rings. The van der Waals surface area contributed by atoms with Crippen molar-refractivity contribution in [3.63, 3.8) is 0 Å². The van der Waals surface area contributed by atoms with E-state index in [0.29, 0.717) is 17.1 Å². The van der Waals surface area contributed by atoms with E-state index < -0.39 is 0 Å². The molecule has 0 aliphatic rings. The zero-order valence-corrected chi connectivity index (χ0v) is 12.8. The highest BCUT2D eigenvalue weighted by atomic mass is 32.1. The molecule has 3 rings (SSSR count). The molecule has 0 aliphatic heterocycles. The maximum Gasteiger partial charge on any atom is 0.263 e. The van der Waals surface area contributed by atoms with Gasteiger partial charge in [0.05, 0.1) is 23.3 Å². The van der Waals surface area contributed by atoms with Gasteiger partial charge in [-0.3, -0.25) is 9.48 Å². The van der Waals surface area contributed by atoms with Crippen LogP contribution in [-0.2, 0) is 13.6 Å². The monoisotopic (exact) mass is 306 g/mol. The number of thiophene rings is 2. The number of fused-ring (bicyclic) bond motifs is 1. The van der Waals surface area contributed by atoms with Crippen LogP contribution in [-0.4, -0.2) is 15.7 Å². The molecule has 3 aromatic heterocycles. The lowest BCUT2D eigenvalue weighted by molar-refractivity contribution is 0.0956. The fraction of sp³-hybridized carbons (Fsp3) is 0.231. The molecule has 0 bridgehead atoms. The Labute approximate surface area is 124 Å². The maximum absolute atomic E-state index is 12.2. The van der Waals surface area contributed by atoms with Crippen LogP contribution in [0.25, 0.3) is 10.2 Å². The molecule has 1 amide bonds. The van der Waals surface area contributed by atoms with E-state index in [9.17, 15) is 4.79 Å². The molecule has 104 valence electrons. The van der Waals surface area contributed by atoms with Gasteiger partial charge in [-0.25, -0.2) is 0 Å². The molecular weight excluding hydrogens is 292 g/mol. The lowest BCUT2D eigenvalue weighted by Crippen LogP contribution is -2.22. The van der Waals surface area contributed by atoms with Gasteiger partial charge >= 0.3 is 0 Å². The highest BCUT2D eigenvalue weighted by Crippen LogP contribution is 2.35. The van der Waals surface area contributed by atoms with Crippen molar-refractivity contribution in [1.82, 2.24) is 15.1 Å². The van der Waals surface area contributed by atoms with Crippen LogP contribution in [0.1, 0.15) is 20.2 Å². The number of nitrogen functional groups attached to an aromatic ring is 1. The first kappa shape index (κ1) is 13.1. The Morgan fingerprint density at radius 1 is 1.55 bits per heavy atom. The van der Waals surface area contributed by atoms with Crippen molar-refractivity contribution in [2.75, 3.05) is 5.73 Å². The van der Waals surface area contributed by atoms with E-state index in [2.05, 4.69) is 10.4 Å². The molecule has 0 aliphatic carbocycles. The van der Waals surface area contributed by atoms with E-state index in [-0.39, 0.29) is 5.91 Å². The number of aromatic nitrogens is 2. The molecule has 0 unspecified atom stereocenters. The fourth-order valence-corrected chi connectivity index (χ4v) is 3.91. The third-order valence-corrected chi connectivity index (χ3v) is 5.24. The fourth-order valence-electron chi connectivity index (χ4n) is 2.16. The number of nitrogens with zero attached hydrogens (tertiary/aromatic N) is 2. The smallest absolute Gasteiger partial charge is 0.263 e. The molecule has 0 fully saturated rings. The summed E-state index contributed by atoms with van der Waals surface area (Å²) in [6.45, 7) is 2.43. The number of anilines is 1. The molecule has 0 aromatic carbocycles. The van der Waals surface area contributed by atoms with E-state index in [1.165, 1.54) is 11.3 Å². The summed E-state index contributed by atoms with van der Waals surface area (Å²) in [5.41, 5.74) is 7.48. The van der Waals surface area contributed by atoms with Crippen LogP contribution >= 0.6 is 22.7 Å². The lowest BCUT2D eigenvalue weighted by Gasteiger charge is -2.02. The van der Waals surface area contributed by atoms with E-state index >= 15 is 0 Å². The Morgan fingerprint density at radius 2 is 2.35 bits per heavy atom. The van der Waals surface area contributed by atoms with Crippen LogP contribution in [0.5, 0.6) is 0 Å². The Kier molecular flexibility index (Phi) is 3.23. The third kappa shape index (κ3) is 2.08. The zero-order valence-electron chi connectivity index (χ0n) is 11.1. The molecule has 3 N–H and O–H groups in total. The van der Waals surface area contributed by atoms with Gasteiger partial charge in [-0.1, -0.05) is 6.07 Å². The Morgan fingerprint density at radius 3 is 3.00 bits per heavy atom. The summed E-state index contributed by atoms with van der Waals surface area (Å²) in [6.07, 6.45) is 0. The molecule has 3 heterocycles. The van der Waals surface area contributed by atoms with E-state index in [0.717, 1.165) is 20.8 Å². The summed E-state index contributed by atoms with van der Waals surface area (Å²) in [4.78, 5) is 14.9. The zero-order chi connectivity index (χ0) is 14.3. The largest absolute Gasteiger partial charge is 0.397 e. The topological polar surface area (TPSA) is 72.9 Å². The summed E-state index contributed by atoms with van der Waals surface area (Å²) < 4.78 is 1.77. The van der Waals surface area contributed by atoms with Crippen molar-refractivity contribution >= 4 is 44.5 Å². The van der Waals surface area contributed by atoms with Gasteiger partial charge in [-0.15, -0.1) is 22.7 Å². The van der Waals surface area contributed by atoms with Gasteiger partial charge in [-0.2, -0.15) is 5.10 Å². The molecule has 20 heavy (non-hydrogen) atoms. The van der Waals surface area contributed by atoms with Gasteiger partial charge in [-0.05, 0) is 18.4 Å². The second-order valence-electron chi connectivity index (χ2n) is 4.50. The number of hydrogen-bond donors (Lipinski definition) is 2. The summed E-state index contributed by atoms with van der Waals surface area (Å²) in [5.74, 6) is -0.128. The standard InChI is InChI=1S/C13H14N4OS2/c1-7-9-10(14)11(20-13(9)17(2)16-7)12(18)15-6-8-4-3-5-19-8/h3-5H,6,14H2,1-2H3,(H,15,18). The van der Waals surface area contributed by atoms with Crippen LogP contribution in [0.4, 0.5) is 5.69 Å². The molecule has 0 spiro atoms. The van der Waals surface area contributed by atoms with Crippen molar-refractivity contribution in [3.05, 3.63) is 33.0 Å². The summed E-state index contributed by atoms with van der Waals surface area (Å²) >= 11 is 3.00. The average Bonchev–Trinajstić information content (AvgIpc) is 3.08. The van der Waals surface area contributed by atoms with Crippen LogP contribution < -0.4 is 11.1 Å². The van der Waals surface area contributed by atoms with Gasteiger partial charge in [0.1, 0.15) is 9.71 Å². The number of amides is 1. The van der Waals surface area contributed by atoms with Gasteiger partial charge in [0.2, 0.25) is 0 Å². The second kappa shape index (κ2) is 4.92. The first-order valence-corrected chi connectivity index (χ1v) is 7.79. The van der Waals surface area contributed by atoms with Crippen molar-refractivity contribution in [1.29, 1.82) is 0 Å². The predicted octanol–water partition coefficient (Wildman–Crippen LogP) is 2.52. The van der Waals surface area contributed by atoms with Gasteiger partial charge in [0.25, 0.3) is 5.91 Å². The summed E-state index contributed by atoms with van der Waals surface area (Å²) in [6, 6.07) is 3.96. The van der Waals surface area contributed by atoms with Gasteiger partial charge in [0.15, 0.2) is 0 Å². The number of hydrogen-bond acceptors (Lipinski definition) is 5. The van der Waals surface area contributed by atoms with E-state index in [1.54, 1.807) is 16.0 Å². The number of rotatable bonds is 3. The molecule has 0 saturated heterocycles. The van der Waals surface area contributed by atoms with Crippen LogP contribution in [0.15, 0.2) is 17.5 Å². The first-order valence-electron chi connectivity index (χ1n) is 6.10. The van der Waals surface area contributed by atoms with Crippen LogP contribution in [0.2, 0.25) is 0 Å². The second-order valence-corrected chi connectivity index (χ2v) is 6.53. The highest BCUT2D eigenvalue weighted by Gasteiger charge is 2.20. The molecule has 0 radical (unpaired) electrons. The van der Waals surface area contributed by atoms with Crippen molar-refractivity contribution in [2.24, 2.45) is 7.05 Å². The minimum Gasteiger partial charge on any atom is -0.397 e. The molecule has 0 atom stereocenters. The predicted molar refractivity (Wildman–Crippen MR) is 83.2 cm³/mol. The van der Waals surface area contributed by atoms with Gasteiger partial charge in [0, 0.05) is 11.9 Å². The average molecular weight is 306 g/mol. The number of aryl methyl sites for hydroxylation is 2. The van der Waals surface area contributed by atoms with Crippen LogP contribution in [0, 0.1) is 6.92 Å². The van der Waals surface area contributed by atoms with Crippen LogP contribution in [0.3, 0.4) is 0 Å². The Bertz CT molecular complexity index is 770. The van der Waals surface area contributed by atoms with E-state index in [4.69, 9.17) is 5.73 Å². The highest BCUT2D eigenvalue weighted by molar-refractivity contribution is 7.21. The number of carbonyl (C=O) groups excluding carboxylic acids is 1. The van der Waals surface area contributed by atoms with Crippen molar-refractivity contribution < 1.29 is 4.79 Å². The Hall–Kier alpha value is -1.86. The summed E-state index contributed by atoms with van der Waals surface area (Å²) in [5, 5.41) is 10.1. The molecule has 7 heteroatoms. The molecular formula is C13H14N4OS2. The number of carbonyl (C=O) groups is 1. The number of nitrogens with one attached hydrogen (secondary N) is 1. The van der Waals surface area contributed by atoms with Crippen molar-refractivity contribution in [2.45, 2.75) is 13.5 Å². The first-order chi connectivity index (χ1) is 9.58. The minimum absolute atomic E-state index is 0.128. The Balaban J connectivity index is 1.88. The number of nitrogens with two attached hydrogens (primary N) is 1. The summed E-state index contributed by atoms with van der Waals surface area (Å²) in [7, 11) is 1.86. The maximum atomic E-state index is 12.2. The van der Waals surface area contributed by atoms with Gasteiger partial charge < -0.3 is 11.1 Å². The lowest BCUT2D eigenvalue weighted by atomic mass is 10.2. The van der Waals surface area contributed by atoms with Crippen molar-refractivity contribution in [3.8, 4) is 0 Å².